The molecule has 78 valence electrons. The van der Waals surface area contributed by atoms with Crippen LogP contribution in [0.3, 0.4) is 0 Å². The maximum atomic E-state index is 10.7. The van der Waals surface area contributed by atoms with Crippen molar-refractivity contribution in [1.29, 1.82) is 0 Å². The summed E-state index contributed by atoms with van der Waals surface area (Å²) in [7, 11) is 1.33. The number of aryl methyl sites for hydroxylation is 1. The Morgan fingerprint density at radius 3 is 3.07 bits per heavy atom. The maximum Gasteiger partial charge on any atom is 0.343 e. The normalized spacial score (nSPS) is 9.86. The van der Waals surface area contributed by atoms with Crippen molar-refractivity contribution in [3.05, 3.63) is 12.4 Å². The van der Waals surface area contributed by atoms with Crippen molar-refractivity contribution in [1.82, 2.24) is 9.78 Å². The Morgan fingerprint density at radius 2 is 2.43 bits per heavy atom. The van der Waals surface area contributed by atoms with Gasteiger partial charge in [0.1, 0.15) is 0 Å². The summed E-state index contributed by atoms with van der Waals surface area (Å²) in [5, 5.41) is 4.05. The minimum atomic E-state index is -0.395. The molecule has 5 heteroatoms. The molecule has 0 radical (unpaired) electrons. The largest absolute Gasteiger partial charge is 0.479 e. The van der Waals surface area contributed by atoms with Crippen LogP contribution in [0.2, 0.25) is 0 Å². The molecule has 0 aliphatic heterocycles. The number of nitrogens with zero attached hydrogens (tertiary/aromatic N) is 2. The number of methoxy groups -OCH3 is 1. The van der Waals surface area contributed by atoms with Gasteiger partial charge in [-0.15, -0.1) is 0 Å². The second-order valence-electron chi connectivity index (χ2n) is 2.80. The lowest BCUT2D eigenvalue weighted by Crippen LogP contribution is -2.12. The molecule has 0 saturated carbocycles. The first-order valence-electron chi connectivity index (χ1n) is 4.48. The van der Waals surface area contributed by atoms with Crippen LogP contribution < -0.4 is 4.74 Å². The van der Waals surface area contributed by atoms with Crippen molar-refractivity contribution >= 4 is 5.97 Å². The van der Waals surface area contributed by atoms with Crippen LogP contribution in [-0.2, 0) is 16.1 Å². The molecule has 0 fully saturated rings. The summed E-state index contributed by atoms with van der Waals surface area (Å²) in [5.41, 5.74) is 0. The van der Waals surface area contributed by atoms with Crippen molar-refractivity contribution in [2.24, 2.45) is 0 Å². The second kappa shape index (κ2) is 5.26. The first-order chi connectivity index (χ1) is 6.76. The standard InChI is InChI=1S/C9H14N2O3/c1-3-4-11-6-8(5-10-11)14-7-9(12)13-2/h5-6H,3-4,7H2,1-2H3. The third kappa shape index (κ3) is 3.08. The summed E-state index contributed by atoms with van der Waals surface area (Å²) in [4.78, 5) is 10.7. The maximum absolute atomic E-state index is 10.7. The van der Waals surface area contributed by atoms with Crippen LogP contribution in [0.15, 0.2) is 12.4 Å². The van der Waals surface area contributed by atoms with Crippen LogP contribution in [0.1, 0.15) is 13.3 Å². The average molecular weight is 198 g/mol. The van der Waals surface area contributed by atoms with Crippen molar-refractivity contribution in [2.75, 3.05) is 13.7 Å². The lowest BCUT2D eigenvalue weighted by atomic mass is 10.5. The Balaban J connectivity index is 2.39. The predicted molar refractivity (Wildman–Crippen MR) is 50.0 cm³/mol. The number of ether oxygens (including phenoxy) is 2. The molecule has 1 heterocycles. The first kappa shape index (κ1) is 10.6. The Hall–Kier alpha value is -1.52. The molecule has 0 aromatic carbocycles. The molecule has 0 aliphatic rings. The van der Waals surface area contributed by atoms with E-state index in [1.54, 1.807) is 17.1 Å². The van der Waals surface area contributed by atoms with Gasteiger partial charge in [0.05, 0.1) is 19.5 Å². The van der Waals surface area contributed by atoms with E-state index in [2.05, 4.69) is 16.8 Å². The van der Waals surface area contributed by atoms with Crippen LogP contribution in [-0.4, -0.2) is 29.5 Å². The van der Waals surface area contributed by atoms with Crippen LogP contribution in [0, 0.1) is 0 Å². The van der Waals surface area contributed by atoms with Gasteiger partial charge in [0.15, 0.2) is 12.4 Å². The van der Waals surface area contributed by atoms with Gasteiger partial charge >= 0.3 is 5.97 Å². The Kier molecular flexibility index (Phi) is 3.97. The molecule has 0 aliphatic carbocycles. The van der Waals surface area contributed by atoms with Gasteiger partial charge in [-0.05, 0) is 6.42 Å². The molecule has 0 atom stereocenters. The Bertz CT molecular complexity index is 296. The minimum Gasteiger partial charge on any atom is -0.479 e. The van der Waals surface area contributed by atoms with Gasteiger partial charge in [0.2, 0.25) is 0 Å². The Morgan fingerprint density at radius 1 is 1.64 bits per heavy atom. The summed E-state index contributed by atoms with van der Waals surface area (Å²) >= 11 is 0. The highest BCUT2D eigenvalue weighted by Gasteiger charge is 2.03. The van der Waals surface area contributed by atoms with Crippen LogP contribution in [0.5, 0.6) is 5.75 Å². The SMILES string of the molecule is CCCn1cc(OCC(=O)OC)cn1. The van der Waals surface area contributed by atoms with E-state index in [4.69, 9.17) is 4.74 Å². The minimum absolute atomic E-state index is 0.0751. The zero-order chi connectivity index (χ0) is 10.4. The van der Waals surface area contributed by atoms with E-state index in [0.29, 0.717) is 5.75 Å². The van der Waals surface area contributed by atoms with E-state index >= 15 is 0 Å². The van der Waals surface area contributed by atoms with Crippen LogP contribution >= 0.6 is 0 Å². The summed E-state index contributed by atoms with van der Waals surface area (Å²) in [5.74, 6) is 0.192. The quantitative estimate of drug-likeness (QED) is 0.658. The molecule has 0 N–H and O–H groups in total. The third-order valence-corrected chi connectivity index (χ3v) is 1.65. The van der Waals surface area contributed by atoms with Gasteiger partial charge in [-0.25, -0.2) is 4.79 Å². The molecule has 5 nitrogen and oxygen atoms in total. The van der Waals surface area contributed by atoms with E-state index in [-0.39, 0.29) is 6.61 Å². The molecule has 14 heavy (non-hydrogen) atoms. The van der Waals surface area contributed by atoms with E-state index in [9.17, 15) is 4.79 Å². The van der Waals surface area contributed by atoms with Gasteiger partial charge in [-0.1, -0.05) is 6.92 Å². The van der Waals surface area contributed by atoms with Gasteiger partial charge < -0.3 is 9.47 Å². The highest BCUT2D eigenvalue weighted by atomic mass is 16.6. The average Bonchev–Trinajstić information content (AvgIpc) is 2.63. The van der Waals surface area contributed by atoms with E-state index < -0.39 is 5.97 Å². The van der Waals surface area contributed by atoms with Crippen LogP contribution in [0.25, 0.3) is 0 Å². The molecular formula is C9H14N2O3. The number of rotatable bonds is 5. The van der Waals surface area contributed by atoms with Gasteiger partial charge in [0, 0.05) is 6.54 Å². The fraction of sp³-hybridized carbons (Fsp3) is 0.556. The monoisotopic (exact) mass is 198 g/mol. The molecule has 0 amide bonds. The van der Waals surface area contributed by atoms with E-state index in [0.717, 1.165) is 13.0 Å². The van der Waals surface area contributed by atoms with E-state index in [1.165, 1.54) is 7.11 Å². The first-order valence-corrected chi connectivity index (χ1v) is 4.48. The molecule has 0 unspecified atom stereocenters. The lowest BCUT2D eigenvalue weighted by Gasteiger charge is -2.00. The molecule has 0 spiro atoms. The van der Waals surface area contributed by atoms with Gasteiger partial charge in [-0.2, -0.15) is 5.10 Å². The van der Waals surface area contributed by atoms with E-state index in [1.807, 2.05) is 0 Å². The van der Waals surface area contributed by atoms with Gasteiger partial charge in [-0.3, -0.25) is 4.68 Å². The highest BCUT2D eigenvalue weighted by molar-refractivity contribution is 5.70. The third-order valence-electron chi connectivity index (χ3n) is 1.65. The van der Waals surface area contributed by atoms with Crippen molar-refractivity contribution in [2.45, 2.75) is 19.9 Å². The van der Waals surface area contributed by atoms with Crippen molar-refractivity contribution in [3.8, 4) is 5.75 Å². The number of hydrogen-bond donors (Lipinski definition) is 0. The molecule has 1 aromatic heterocycles. The topological polar surface area (TPSA) is 53.4 Å². The molecule has 0 bridgehead atoms. The summed E-state index contributed by atoms with van der Waals surface area (Å²) in [6.45, 7) is 2.84. The number of aromatic nitrogens is 2. The molecule has 0 saturated heterocycles. The lowest BCUT2D eigenvalue weighted by molar-refractivity contribution is -0.142. The number of carbonyl (C=O) groups is 1. The second-order valence-corrected chi connectivity index (χ2v) is 2.80. The zero-order valence-electron chi connectivity index (χ0n) is 8.40. The molecular weight excluding hydrogens is 184 g/mol. The predicted octanol–water partition coefficient (Wildman–Crippen LogP) is 0.845. The van der Waals surface area contributed by atoms with Gasteiger partial charge in [0.25, 0.3) is 0 Å². The van der Waals surface area contributed by atoms with Crippen molar-refractivity contribution in [3.63, 3.8) is 0 Å². The summed E-state index contributed by atoms with van der Waals surface area (Å²) in [6, 6.07) is 0. The highest BCUT2D eigenvalue weighted by Crippen LogP contribution is 2.08. The number of hydrogen-bond acceptors (Lipinski definition) is 4. The smallest absolute Gasteiger partial charge is 0.343 e. The number of carbonyl (C=O) groups excluding carboxylic acids is 1. The molecule has 1 rings (SSSR count). The fourth-order valence-electron chi connectivity index (χ4n) is 0.972. The Labute approximate surface area is 82.6 Å². The van der Waals surface area contributed by atoms with Crippen molar-refractivity contribution < 1.29 is 14.3 Å². The fourth-order valence-corrected chi connectivity index (χ4v) is 0.972. The molecule has 1 aromatic rings. The summed E-state index contributed by atoms with van der Waals surface area (Å²) in [6.07, 6.45) is 4.35. The van der Waals surface area contributed by atoms with Crippen LogP contribution in [0.4, 0.5) is 0 Å². The summed E-state index contributed by atoms with van der Waals surface area (Å²) < 4.78 is 11.3. The zero-order valence-corrected chi connectivity index (χ0v) is 8.40. The number of esters is 1.